The zero-order valence-electron chi connectivity index (χ0n) is 17.6. The summed E-state index contributed by atoms with van der Waals surface area (Å²) in [6.07, 6.45) is 0. The number of sulfone groups is 1. The standard InChI is InChI=1S/C23H19ClN4O3S2/c1-15(29)26-12-16-4-2-5-17(10-16)13-28-20-7-3-6-18(11-25)23(20)19(27-28)14-33(30,31)22-9-8-21(24)32-22/h2-10H,12-14H2,1H3,(H,26,29). The number of thiophene rings is 1. The molecular weight excluding hydrogens is 480 g/mol. The van der Waals surface area contributed by atoms with Crippen molar-refractivity contribution < 1.29 is 13.2 Å². The van der Waals surface area contributed by atoms with Crippen molar-refractivity contribution in [2.75, 3.05) is 0 Å². The Balaban J connectivity index is 1.73. The summed E-state index contributed by atoms with van der Waals surface area (Å²) in [6, 6.07) is 18.1. The van der Waals surface area contributed by atoms with E-state index in [0.717, 1.165) is 22.5 Å². The minimum Gasteiger partial charge on any atom is -0.352 e. The molecule has 1 amide bonds. The monoisotopic (exact) mass is 498 g/mol. The third kappa shape index (κ3) is 5.09. The molecule has 0 aliphatic heterocycles. The number of rotatable bonds is 7. The molecule has 7 nitrogen and oxygen atoms in total. The number of amides is 1. The molecule has 0 aliphatic carbocycles. The van der Waals surface area contributed by atoms with Gasteiger partial charge in [-0.05, 0) is 35.4 Å². The van der Waals surface area contributed by atoms with E-state index < -0.39 is 9.84 Å². The van der Waals surface area contributed by atoms with Crippen molar-refractivity contribution >= 4 is 49.6 Å². The lowest BCUT2D eigenvalue weighted by Gasteiger charge is -2.07. The number of nitriles is 1. The first kappa shape index (κ1) is 23.0. The number of nitrogens with zero attached hydrogens (tertiary/aromatic N) is 3. The number of hydrogen-bond donors (Lipinski definition) is 1. The Morgan fingerprint density at radius 3 is 2.64 bits per heavy atom. The molecule has 0 spiro atoms. The summed E-state index contributed by atoms with van der Waals surface area (Å²) in [5, 5.41) is 17.5. The van der Waals surface area contributed by atoms with Crippen molar-refractivity contribution in [2.45, 2.75) is 30.0 Å². The SMILES string of the molecule is CC(=O)NCc1cccc(Cn2nc(CS(=O)(=O)c3ccc(Cl)s3)c3c(C#N)cccc32)c1. The Labute approximate surface area is 200 Å². The topological polar surface area (TPSA) is 105 Å². The van der Waals surface area contributed by atoms with Crippen LogP contribution in [0, 0.1) is 11.3 Å². The molecule has 10 heteroatoms. The van der Waals surface area contributed by atoms with Crippen molar-refractivity contribution in [3.63, 3.8) is 0 Å². The van der Waals surface area contributed by atoms with E-state index >= 15 is 0 Å². The fourth-order valence-electron chi connectivity index (χ4n) is 3.58. The molecule has 168 valence electrons. The fraction of sp³-hybridized carbons (Fsp3) is 0.174. The van der Waals surface area contributed by atoms with E-state index in [-0.39, 0.29) is 15.9 Å². The molecule has 2 aromatic carbocycles. The molecule has 0 unspecified atom stereocenters. The highest BCUT2D eigenvalue weighted by Crippen LogP contribution is 2.31. The van der Waals surface area contributed by atoms with Gasteiger partial charge in [0.15, 0.2) is 9.84 Å². The lowest BCUT2D eigenvalue weighted by molar-refractivity contribution is -0.119. The predicted molar refractivity (Wildman–Crippen MR) is 128 cm³/mol. The number of fused-ring (bicyclic) bond motifs is 1. The van der Waals surface area contributed by atoms with E-state index in [1.165, 1.54) is 13.0 Å². The lowest BCUT2D eigenvalue weighted by Crippen LogP contribution is -2.19. The van der Waals surface area contributed by atoms with Crippen molar-refractivity contribution in [3.05, 3.63) is 81.3 Å². The van der Waals surface area contributed by atoms with E-state index in [2.05, 4.69) is 16.5 Å². The number of benzene rings is 2. The molecule has 0 fully saturated rings. The highest BCUT2D eigenvalue weighted by atomic mass is 35.5. The largest absolute Gasteiger partial charge is 0.352 e. The molecule has 0 saturated carbocycles. The first-order valence-corrected chi connectivity index (χ1v) is 12.8. The van der Waals surface area contributed by atoms with Crippen LogP contribution < -0.4 is 5.32 Å². The zero-order valence-corrected chi connectivity index (χ0v) is 20.0. The van der Waals surface area contributed by atoms with Crippen LogP contribution in [0.2, 0.25) is 4.34 Å². The number of carbonyl (C=O) groups excluding carboxylic acids is 1. The summed E-state index contributed by atoms with van der Waals surface area (Å²) < 4.78 is 28.2. The van der Waals surface area contributed by atoms with E-state index in [9.17, 15) is 18.5 Å². The second-order valence-electron chi connectivity index (χ2n) is 7.46. The molecule has 33 heavy (non-hydrogen) atoms. The van der Waals surface area contributed by atoms with E-state index in [1.807, 2.05) is 30.3 Å². The molecule has 0 radical (unpaired) electrons. The molecule has 4 rings (SSSR count). The fourth-order valence-corrected chi connectivity index (χ4v) is 6.42. The molecular formula is C23H19ClN4O3S2. The molecule has 1 N–H and O–H groups in total. The molecule has 0 saturated heterocycles. The first-order chi connectivity index (χ1) is 15.8. The van der Waals surface area contributed by atoms with Gasteiger partial charge in [-0.3, -0.25) is 9.48 Å². The zero-order chi connectivity index (χ0) is 23.6. The maximum Gasteiger partial charge on any atom is 0.217 e. The summed E-state index contributed by atoms with van der Waals surface area (Å²) in [7, 11) is -3.68. The molecule has 0 atom stereocenters. The minimum atomic E-state index is -3.68. The van der Waals surface area contributed by atoms with E-state index in [0.29, 0.717) is 39.6 Å². The Hall–Kier alpha value is -3.19. The summed E-state index contributed by atoms with van der Waals surface area (Å²) in [4.78, 5) is 11.2. The summed E-state index contributed by atoms with van der Waals surface area (Å²) in [6.45, 7) is 2.25. The average molecular weight is 499 g/mol. The van der Waals surface area contributed by atoms with Crippen molar-refractivity contribution in [1.29, 1.82) is 5.26 Å². The Morgan fingerprint density at radius 1 is 1.18 bits per heavy atom. The average Bonchev–Trinajstić information content (AvgIpc) is 3.37. The first-order valence-electron chi connectivity index (χ1n) is 9.95. The van der Waals surface area contributed by atoms with Gasteiger partial charge in [0.25, 0.3) is 0 Å². The second-order valence-corrected chi connectivity index (χ2v) is 11.4. The number of nitrogens with one attached hydrogen (secondary N) is 1. The van der Waals surface area contributed by atoms with Gasteiger partial charge < -0.3 is 5.32 Å². The van der Waals surface area contributed by atoms with Gasteiger partial charge in [-0.25, -0.2) is 8.42 Å². The van der Waals surface area contributed by atoms with Crippen LogP contribution in [-0.4, -0.2) is 24.1 Å². The third-order valence-corrected chi connectivity index (χ3v) is 8.46. The molecule has 0 aliphatic rings. The third-order valence-electron chi connectivity index (χ3n) is 5.02. The van der Waals surface area contributed by atoms with Crippen LogP contribution in [0.4, 0.5) is 0 Å². The van der Waals surface area contributed by atoms with Gasteiger partial charge in [0.2, 0.25) is 5.91 Å². The molecule has 4 aromatic rings. The maximum atomic E-state index is 13.0. The van der Waals surface area contributed by atoms with Gasteiger partial charge in [0.05, 0.1) is 33.7 Å². The van der Waals surface area contributed by atoms with Gasteiger partial charge in [0.1, 0.15) is 9.96 Å². The predicted octanol–water partition coefficient (Wildman–Crippen LogP) is 4.28. The van der Waals surface area contributed by atoms with Crippen LogP contribution in [0.1, 0.15) is 29.3 Å². The van der Waals surface area contributed by atoms with Gasteiger partial charge >= 0.3 is 0 Å². The van der Waals surface area contributed by atoms with E-state index in [1.54, 1.807) is 22.9 Å². The van der Waals surface area contributed by atoms with Crippen LogP contribution in [0.15, 0.2) is 58.8 Å². The van der Waals surface area contributed by atoms with Crippen LogP contribution in [0.5, 0.6) is 0 Å². The Bertz CT molecular complexity index is 1500. The highest BCUT2D eigenvalue weighted by molar-refractivity contribution is 7.92. The van der Waals surface area contributed by atoms with Crippen molar-refractivity contribution in [3.8, 4) is 6.07 Å². The van der Waals surface area contributed by atoms with Crippen molar-refractivity contribution in [1.82, 2.24) is 15.1 Å². The number of halogens is 1. The van der Waals surface area contributed by atoms with Crippen LogP contribution >= 0.6 is 22.9 Å². The lowest BCUT2D eigenvalue weighted by atomic mass is 10.1. The molecule has 2 aromatic heterocycles. The number of carbonyl (C=O) groups is 1. The smallest absolute Gasteiger partial charge is 0.217 e. The summed E-state index contributed by atoms with van der Waals surface area (Å²) in [5.74, 6) is -0.449. The van der Waals surface area contributed by atoms with Gasteiger partial charge in [0, 0.05) is 18.9 Å². The Kier molecular flexibility index (Phi) is 6.51. The van der Waals surface area contributed by atoms with Gasteiger partial charge in [-0.2, -0.15) is 10.4 Å². The molecule has 0 bridgehead atoms. The summed E-state index contributed by atoms with van der Waals surface area (Å²) in [5.41, 5.74) is 3.24. The van der Waals surface area contributed by atoms with Crippen LogP contribution in [-0.2, 0) is 33.5 Å². The quantitative estimate of drug-likeness (QED) is 0.409. The highest BCUT2D eigenvalue weighted by Gasteiger charge is 2.23. The van der Waals surface area contributed by atoms with Crippen LogP contribution in [0.3, 0.4) is 0 Å². The van der Waals surface area contributed by atoms with Gasteiger partial charge in [-0.15, -0.1) is 11.3 Å². The normalized spacial score (nSPS) is 11.4. The van der Waals surface area contributed by atoms with Crippen LogP contribution in [0.25, 0.3) is 10.9 Å². The number of aromatic nitrogens is 2. The van der Waals surface area contributed by atoms with E-state index in [4.69, 9.17) is 11.6 Å². The van der Waals surface area contributed by atoms with Gasteiger partial charge in [-0.1, -0.05) is 41.9 Å². The maximum absolute atomic E-state index is 13.0. The minimum absolute atomic E-state index is 0.111. The molecule has 2 heterocycles. The Morgan fingerprint density at radius 2 is 1.94 bits per heavy atom. The number of hydrogen-bond acceptors (Lipinski definition) is 6. The van der Waals surface area contributed by atoms with Crippen molar-refractivity contribution in [2.24, 2.45) is 0 Å². The summed E-state index contributed by atoms with van der Waals surface area (Å²) >= 11 is 6.92. The second kappa shape index (κ2) is 9.35.